The Morgan fingerprint density at radius 3 is 2.42 bits per heavy atom. The Kier molecular flexibility index (Phi) is 6.15. The molecule has 38 heavy (non-hydrogen) atoms. The monoisotopic (exact) mass is 623 g/mol. The summed E-state index contributed by atoms with van der Waals surface area (Å²) in [6, 6.07) is 15.3. The Morgan fingerprint density at radius 2 is 1.71 bits per heavy atom. The summed E-state index contributed by atoms with van der Waals surface area (Å²) in [4.78, 5) is 53.6. The van der Waals surface area contributed by atoms with Crippen LogP contribution >= 0.6 is 22.6 Å². The molecule has 10 heteroatoms. The Labute approximate surface area is 230 Å². The summed E-state index contributed by atoms with van der Waals surface area (Å²) in [5, 5.41) is 9.05. The van der Waals surface area contributed by atoms with Crippen LogP contribution in [0.2, 0.25) is 0 Å². The molecule has 0 bridgehead atoms. The highest BCUT2D eigenvalue weighted by molar-refractivity contribution is 14.1. The van der Waals surface area contributed by atoms with Crippen molar-refractivity contribution in [2.75, 3.05) is 13.2 Å². The average Bonchev–Trinajstić information content (AvgIpc) is 3.20. The van der Waals surface area contributed by atoms with Gasteiger partial charge in [0.15, 0.2) is 11.6 Å². The Morgan fingerprint density at radius 1 is 0.974 bits per heavy atom. The first-order valence-electron chi connectivity index (χ1n) is 12.1. The van der Waals surface area contributed by atoms with Crippen molar-refractivity contribution in [2.24, 2.45) is 0 Å². The smallest absolute Gasteiger partial charge is 0.352 e. The summed E-state index contributed by atoms with van der Waals surface area (Å²) in [6.45, 7) is 0.196. The molecule has 0 saturated heterocycles. The molecule has 2 atom stereocenters. The first kappa shape index (κ1) is 24.6. The lowest BCUT2D eigenvalue weighted by Crippen LogP contribution is -2.40. The molecule has 6 rings (SSSR count). The zero-order valence-corrected chi connectivity index (χ0v) is 22.2. The van der Waals surface area contributed by atoms with Gasteiger partial charge in [-0.2, -0.15) is 0 Å². The molecule has 2 heterocycles. The van der Waals surface area contributed by atoms with E-state index in [2.05, 4.69) is 0 Å². The normalized spacial score (nSPS) is 20.4. The number of Topliss-reactive ketones (excluding diaryl/α,β-unsaturated/α-hetero) is 1. The molecule has 1 aliphatic heterocycles. The number of aromatic nitrogens is 3. The first-order valence-corrected chi connectivity index (χ1v) is 13.2. The van der Waals surface area contributed by atoms with Crippen molar-refractivity contribution < 1.29 is 19.4 Å². The van der Waals surface area contributed by atoms with E-state index in [-0.39, 0.29) is 37.7 Å². The zero-order chi connectivity index (χ0) is 26.6. The van der Waals surface area contributed by atoms with Crippen LogP contribution in [0.5, 0.6) is 5.75 Å². The zero-order valence-electron chi connectivity index (χ0n) is 20.0. The minimum Gasteiger partial charge on any atom is -0.491 e. The summed E-state index contributed by atoms with van der Waals surface area (Å²) in [5.41, 5.74) is 1.86. The lowest BCUT2D eigenvalue weighted by Gasteiger charge is -2.39. The fourth-order valence-electron chi connectivity index (χ4n) is 5.57. The van der Waals surface area contributed by atoms with Gasteiger partial charge >= 0.3 is 11.4 Å². The number of carbonyl (C=O) groups is 2. The van der Waals surface area contributed by atoms with Gasteiger partial charge in [0, 0.05) is 29.6 Å². The third kappa shape index (κ3) is 3.78. The molecular weight excluding hydrogens is 601 g/mol. The molecule has 0 fully saturated rings. The molecule has 0 unspecified atom stereocenters. The van der Waals surface area contributed by atoms with Gasteiger partial charge in [-0.3, -0.25) is 9.59 Å². The van der Waals surface area contributed by atoms with Gasteiger partial charge in [-0.05, 0) is 58.0 Å². The number of hydrogen-bond acceptors (Lipinski definition) is 6. The number of rotatable bonds is 5. The fraction of sp³-hybridized carbons (Fsp3) is 0.214. The van der Waals surface area contributed by atoms with Gasteiger partial charge in [-0.1, -0.05) is 36.4 Å². The highest BCUT2D eigenvalue weighted by Crippen LogP contribution is 2.50. The maximum Gasteiger partial charge on any atom is 0.352 e. The van der Waals surface area contributed by atoms with Crippen LogP contribution in [0.25, 0.3) is 5.69 Å². The number of hydrogen-bond donors (Lipinski definition) is 1. The molecule has 3 aliphatic rings. The number of aliphatic hydroxyl groups is 1. The van der Waals surface area contributed by atoms with Crippen molar-refractivity contribution in [3.63, 3.8) is 0 Å². The maximum absolute atomic E-state index is 13.7. The van der Waals surface area contributed by atoms with E-state index >= 15 is 0 Å². The minimum absolute atomic E-state index is 0.115. The maximum atomic E-state index is 13.7. The van der Waals surface area contributed by atoms with Crippen LogP contribution in [0.3, 0.4) is 0 Å². The van der Waals surface area contributed by atoms with Crippen molar-refractivity contribution >= 4 is 34.2 Å². The van der Waals surface area contributed by atoms with Crippen LogP contribution < -0.4 is 16.1 Å². The SMILES string of the molecule is O=C1C=C(I)C(=O)C2=C1C[C@@H]1C(=CCn3c(=O)n(-c4ccccc4)c(=O)n31)[C@@H]2c1ccc(OCCO)cc1. The first-order chi connectivity index (χ1) is 18.4. The Hall–Kier alpha value is -3.77. The number of halogens is 1. The van der Waals surface area contributed by atoms with E-state index in [1.807, 2.05) is 46.9 Å². The number of aliphatic hydroxyl groups excluding tert-OH is 1. The van der Waals surface area contributed by atoms with Gasteiger partial charge in [0.1, 0.15) is 12.4 Å². The summed E-state index contributed by atoms with van der Waals surface area (Å²) < 4.78 is 9.80. The molecule has 0 radical (unpaired) electrons. The second-order valence-corrected chi connectivity index (χ2v) is 10.4. The molecule has 0 spiro atoms. The molecule has 0 amide bonds. The molecule has 2 aliphatic carbocycles. The van der Waals surface area contributed by atoms with Gasteiger partial charge in [0.2, 0.25) is 0 Å². The van der Waals surface area contributed by atoms with Gasteiger partial charge < -0.3 is 9.84 Å². The van der Waals surface area contributed by atoms with Crippen molar-refractivity contribution in [2.45, 2.75) is 24.9 Å². The van der Waals surface area contributed by atoms with Crippen molar-refractivity contribution in [3.05, 3.63) is 114 Å². The second-order valence-electron chi connectivity index (χ2n) is 9.24. The predicted molar refractivity (Wildman–Crippen MR) is 147 cm³/mol. The summed E-state index contributed by atoms with van der Waals surface area (Å²) in [7, 11) is 0. The van der Waals surface area contributed by atoms with Gasteiger partial charge in [-0.15, -0.1) is 0 Å². The number of benzene rings is 2. The van der Waals surface area contributed by atoms with Crippen LogP contribution in [0.1, 0.15) is 23.9 Å². The van der Waals surface area contributed by atoms with Crippen molar-refractivity contribution in [3.8, 4) is 11.4 Å². The Bertz CT molecular complexity index is 1690. The van der Waals surface area contributed by atoms with Gasteiger partial charge in [0.05, 0.1) is 28.5 Å². The lowest BCUT2D eigenvalue weighted by atomic mass is 9.69. The highest BCUT2D eigenvalue weighted by Gasteiger charge is 2.45. The van der Waals surface area contributed by atoms with E-state index in [0.717, 1.165) is 15.7 Å². The van der Waals surface area contributed by atoms with Crippen LogP contribution in [0.15, 0.2) is 96.6 Å². The van der Waals surface area contributed by atoms with Gasteiger partial charge in [-0.25, -0.2) is 23.5 Å². The quantitative estimate of drug-likeness (QED) is 0.266. The van der Waals surface area contributed by atoms with Crippen LogP contribution in [0, 0.1) is 0 Å². The number of allylic oxidation sites excluding steroid dienone is 6. The number of ketones is 2. The number of para-hydroxylation sites is 1. The van der Waals surface area contributed by atoms with Gasteiger partial charge in [0.25, 0.3) is 0 Å². The van der Waals surface area contributed by atoms with Crippen LogP contribution in [-0.2, 0) is 16.1 Å². The van der Waals surface area contributed by atoms with Crippen LogP contribution in [0.4, 0.5) is 0 Å². The second kappa shape index (κ2) is 9.52. The topological polar surface area (TPSA) is 113 Å². The number of nitrogens with zero attached hydrogens (tertiary/aromatic N) is 3. The highest BCUT2D eigenvalue weighted by atomic mass is 127. The molecular formula is C28H22IN3O6. The van der Waals surface area contributed by atoms with Crippen molar-refractivity contribution in [1.82, 2.24) is 13.9 Å². The molecule has 1 aromatic heterocycles. The van der Waals surface area contributed by atoms with E-state index < -0.39 is 23.3 Å². The van der Waals surface area contributed by atoms with E-state index in [4.69, 9.17) is 9.84 Å². The molecule has 192 valence electrons. The molecule has 3 aromatic rings. The van der Waals surface area contributed by atoms with E-state index in [1.165, 1.54) is 15.4 Å². The average molecular weight is 623 g/mol. The minimum atomic E-state index is -0.608. The number of fused-ring (bicyclic) bond motifs is 3. The number of ether oxygens (including phenoxy) is 1. The van der Waals surface area contributed by atoms with E-state index in [9.17, 15) is 19.2 Å². The molecule has 2 aromatic carbocycles. The number of carbonyl (C=O) groups excluding carboxylic acids is 2. The van der Waals surface area contributed by atoms with Crippen LogP contribution in [-0.4, -0.2) is 43.8 Å². The van der Waals surface area contributed by atoms with E-state index in [1.54, 1.807) is 36.4 Å². The lowest BCUT2D eigenvalue weighted by molar-refractivity contribution is -0.115. The molecule has 1 N–H and O–H groups in total. The Balaban J connectivity index is 1.52. The molecule has 9 nitrogen and oxygen atoms in total. The largest absolute Gasteiger partial charge is 0.491 e. The molecule has 0 saturated carbocycles. The third-order valence-corrected chi connectivity index (χ3v) is 7.99. The fourth-order valence-corrected chi connectivity index (χ4v) is 6.14. The summed E-state index contributed by atoms with van der Waals surface area (Å²) in [6.07, 6.45) is 3.38. The van der Waals surface area contributed by atoms with Crippen molar-refractivity contribution in [1.29, 1.82) is 0 Å². The summed E-state index contributed by atoms with van der Waals surface area (Å²) >= 11 is 1.89. The predicted octanol–water partition coefficient (Wildman–Crippen LogP) is 2.61. The summed E-state index contributed by atoms with van der Waals surface area (Å²) in [5.74, 6) is -0.470. The standard InChI is InChI=1S/C28H22IN3O6/c29-21-15-23(34)20-14-22-19(24(25(20)26(21)35)16-6-8-18(9-7-16)38-13-12-33)10-11-30-27(36)31(28(37)32(22)30)17-4-2-1-3-5-17/h1-10,15,22,24,33H,11-14H2/t22-,24+/m1/s1. The van der Waals surface area contributed by atoms with E-state index in [0.29, 0.717) is 26.2 Å². The third-order valence-electron chi connectivity index (χ3n) is 7.19.